The third kappa shape index (κ3) is 3.03. The van der Waals surface area contributed by atoms with Crippen molar-refractivity contribution in [2.75, 3.05) is 26.7 Å². The van der Waals surface area contributed by atoms with Crippen LogP contribution in [0.15, 0.2) is 24.5 Å². The van der Waals surface area contributed by atoms with Crippen LogP contribution in [0.5, 0.6) is 0 Å². The molecule has 2 rings (SSSR count). The number of hydrogen-bond acceptors (Lipinski definition) is 4. The molecule has 1 N–H and O–H groups in total. The fraction of sp³-hybridized carbons (Fsp3) is 0.615. The van der Waals surface area contributed by atoms with Gasteiger partial charge in [0.05, 0.1) is 6.61 Å². The van der Waals surface area contributed by atoms with Crippen molar-refractivity contribution < 1.29 is 5.11 Å². The van der Waals surface area contributed by atoms with E-state index < -0.39 is 0 Å². The van der Waals surface area contributed by atoms with E-state index in [0.29, 0.717) is 6.04 Å². The molecule has 1 saturated heterocycles. The van der Waals surface area contributed by atoms with Gasteiger partial charge in [-0.25, -0.2) is 0 Å². The standard InChI is InChI=1S/C13H21N3O/c1-11-7-15(2)13(10-17)9-16(11)8-12-3-5-14-6-4-12/h3-6,11,13,17H,7-10H2,1-2H3. The molecule has 1 aliphatic heterocycles. The molecule has 4 heteroatoms. The number of likely N-dealkylation sites (N-methyl/N-ethyl adjacent to an activating group) is 1. The van der Waals surface area contributed by atoms with Crippen molar-refractivity contribution in [2.45, 2.75) is 25.6 Å². The number of piperazine rings is 1. The molecule has 94 valence electrons. The maximum Gasteiger partial charge on any atom is 0.0599 e. The van der Waals surface area contributed by atoms with Crippen LogP contribution in [0, 0.1) is 0 Å². The lowest BCUT2D eigenvalue weighted by Crippen LogP contribution is -2.56. The minimum atomic E-state index is 0.232. The van der Waals surface area contributed by atoms with Gasteiger partial charge in [-0.05, 0) is 31.7 Å². The van der Waals surface area contributed by atoms with E-state index in [1.165, 1.54) is 5.56 Å². The van der Waals surface area contributed by atoms with Crippen molar-refractivity contribution in [2.24, 2.45) is 0 Å². The Bertz CT molecular complexity index is 344. The van der Waals surface area contributed by atoms with Crippen LogP contribution in [-0.2, 0) is 6.54 Å². The molecule has 1 aliphatic rings. The second-order valence-electron chi connectivity index (χ2n) is 4.91. The second-order valence-corrected chi connectivity index (χ2v) is 4.91. The molecule has 0 aromatic carbocycles. The Labute approximate surface area is 103 Å². The van der Waals surface area contributed by atoms with E-state index in [1.54, 1.807) is 0 Å². The fourth-order valence-corrected chi connectivity index (χ4v) is 2.41. The van der Waals surface area contributed by atoms with Gasteiger partial charge < -0.3 is 5.11 Å². The number of aliphatic hydroxyl groups is 1. The van der Waals surface area contributed by atoms with Gasteiger partial charge in [0.15, 0.2) is 0 Å². The van der Waals surface area contributed by atoms with Gasteiger partial charge in [0, 0.05) is 44.1 Å². The smallest absolute Gasteiger partial charge is 0.0599 e. The van der Waals surface area contributed by atoms with Crippen molar-refractivity contribution in [3.8, 4) is 0 Å². The molecule has 0 radical (unpaired) electrons. The van der Waals surface area contributed by atoms with E-state index in [1.807, 2.05) is 12.4 Å². The lowest BCUT2D eigenvalue weighted by molar-refractivity contribution is 0.0207. The van der Waals surface area contributed by atoms with E-state index in [4.69, 9.17) is 0 Å². The summed E-state index contributed by atoms with van der Waals surface area (Å²) >= 11 is 0. The van der Waals surface area contributed by atoms with Gasteiger partial charge in [-0.1, -0.05) is 0 Å². The van der Waals surface area contributed by atoms with Crippen molar-refractivity contribution >= 4 is 0 Å². The zero-order valence-corrected chi connectivity index (χ0v) is 10.6. The molecule has 1 aromatic rings. The van der Waals surface area contributed by atoms with Crippen molar-refractivity contribution in [3.05, 3.63) is 30.1 Å². The highest BCUT2D eigenvalue weighted by molar-refractivity contribution is 5.10. The molecule has 17 heavy (non-hydrogen) atoms. The zero-order chi connectivity index (χ0) is 12.3. The molecule has 4 nitrogen and oxygen atoms in total. The van der Waals surface area contributed by atoms with E-state index in [0.717, 1.165) is 19.6 Å². The SMILES string of the molecule is CC1CN(C)C(CO)CN1Cc1ccncc1. The summed E-state index contributed by atoms with van der Waals surface area (Å²) in [6.45, 7) is 5.35. The zero-order valence-electron chi connectivity index (χ0n) is 10.6. The largest absolute Gasteiger partial charge is 0.395 e. The number of rotatable bonds is 3. The lowest BCUT2D eigenvalue weighted by Gasteiger charge is -2.43. The van der Waals surface area contributed by atoms with Crippen LogP contribution in [0.25, 0.3) is 0 Å². The summed E-state index contributed by atoms with van der Waals surface area (Å²) in [5.74, 6) is 0. The van der Waals surface area contributed by atoms with Crippen LogP contribution in [0.4, 0.5) is 0 Å². The number of hydrogen-bond donors (Lipinski definition) is 1. The maximum absolute atomic E-state index is 9.35. The predicted octanol–water partition coefficient (Wildman–Crippen LogP) is 0.578. The van der Waals surface area contributed by atoms with E-state index in [9.17, 15) is 5.11 Å². The number of aliphatic hydroxyl groups excluding tert-OH is 1. The van der Waals surface area contributed by atoms with Gasteiger partial charge >= 0.3 is 0 Å². The van der Waals surface area contributed by atoms with Crippen LogP contribution in [0.3, 0.4) is 0 Å². The Morgan fingerprint density at radius 3 is 2.71 bits per heavy atom. The number of aromatic nitrogens is 1. The van der Waals surface area contributed by atoms with Crippen molar-refractivity contribution in [3.63, 3.8) is 0 Å². The summed E-state index contributed by atoms with van der Waals surface area (Å²) < 4.78 is 0. The molecule has 0 spiro atoms. The molecule has 0 amide bonds. The first kappa shape index (κ1) is 12.5. The lowest BCUT2D eigenvalue weighted by atomic mass is 10.1. The molecule has 2 heterocycles. The van der Waals surface area contributed by atoms with Crippen LogP contribution in [0.1, 0.15) is 12.5 Å². The summed E-state index contributed by atoms with van der Waals surface area (Å²) in [6.07, 6.45) is 3.67. The normalized spacial score (nSPS) is 27.2. The Kier molecular flexibility index (Phi) is 4.10. The molecular formula is C13H21N3O. The molecule has 2 unspecified atom stereocenters. The highest BCUT2D eigenvalue weighted by atomic mass is 16.3. The number of pyridine rings is 1. The molecule has 1 aromatic heterocycles. The van der Waals surface area contributed by atoms with Gasteiger partial charge in [-0.2, -0.15) is 0 Å². The molecule has 0 bridgehead atoms. The summed E-state index contributed by atoms with van der Waals surface area (Å²) in [4.78, 5) is 8.70. The maximum atomic E-state index is 9.35. The summed E-state index contributed by atoms with van der Waals surface area (Å²) in [6, 6.07) is 4.89. The van der Waals surface area contributed by atoms with E-state index in [2.05, 4.69) is 40.9 Å². The Morgan fingerprint density at radius 2 is 2.06 bits per heavy atom. The quantitative estimate of drug-likeness (QED) is 0.832. The van der Waals surface area contributed by atoms with Gasteiger partial charge in [-0.3, -0.25) is 14.8 Å². The van der Waals surface area contributed by atoms with E-state index in [-0.39, 0.29) is 12.6 Å². The first-order valence-electron chi connectivity index (χ1n) is 6.14. The number of nitrogens with zero attached hydrogens (tertiary/aromatic N) is 3. The van der Waals surface area contributed by atoms with Gasteiger partial charge in [0.2, 0.25) is 0 Å². The van der Waals surface area contributed by atoms with Gasteiger partial charge in [0.25, 0.3) is 0 Å². The van der Waals surface area contributed by atoms with E-state index >= 15 is 0 Å². The van der Waals surface area contributed by atoms with Gasteiger partial charge in [-0.15, -0.1) is 0 Å². The summed E-state index contributed by atoms with van der Waals surface area (Å²) in [5.41, 5.74) is 1.29. The second kappa shape index (κ2) is 5.58. The highest BCUT2D eigenvalue weighted by Gasteiger charge is 2.28. The predicted molar refractivity (Wildman–Crippen MR) is 67.6 cm³/mol. The Hall–Kier alpha value is -0.970. The Balaban J connectivity index is 2.00. The topological polar surface area (TPSA) is 39.6 Å². The summed E-state index contributed by atoms with van der Waals surface area (Å²) in [5, 5.41) is 9.35. The fourth-order valence-electron chi connectivity index (χ4n) is 2.41. The van der Waals surface area contributed by atoms with Crippen LogP contribution >= 0.6 is 0 Å². The minimum Gasteiger partial charge on any atom is -0.395 e. The minimum absolute atomic E-state index is 0.232. The Morgan fingerprint density at radius 1 is 1.35 bits per heavy atom. The van der Waals surface area contributed by atoms with Crippen molar-refractivity contribution in [1.29, 1.82) is 0 Å². The molecule has 1 fully saturated rings. The monoisotopic (exact) mass is 235 g/mol. The summed E-state index contributed by atoms with van der Waals surface area (Å²) in [7, 11) is 2.08. The average Bonchev–Trinajstić information content (AvgIpc) is 2.34. The molecule has 0 saturated carbocycles. The van der Waals surface area contributed by atoms with Crippen LogP contribution in [0.2, 0.25) is 0 Å². The first-order chi connectivity index (χ1) is 8.20. The third-order valence-electron chi connectivity index (χ3n) is 3.59. The third-order valence-corrected chi connectivity index (χ3v) is 3.59. The highest BCUT2D eigenvalue weighted by Crippen LogP contribution is 2.16. The molecular weight excluding hydrogens is 214 g/mol. The van der Waals surface area contributed by atoms with Crippen LogP contribution in [-0.4, -0.2) is 58.7 Å². The van der Waals surface area contributed by atoms with Gasteiger partial charge in [0.1, 0.15) is 0 Å². The molecule has 2 atom stereocenters. The first-order valence-corrected chi connectivity index (χ1v) is 6.14. The average molecular weight is 235 g/mol. The van der Waals surface area contributed by atoms with Crippen molar-refractivity contribution in [1.82, 2.24) is 14.8 Å². The molecule has 0 aliphatic carbocycles. The van der Waals surface area contributed by atoms with Crippen LogP contribution < -0.4 is 0 Å².